The summed E-state index contributed by atoms with van der Waals surface area (Å²) in [5, 5.41) is 8.78. The van der Waals surface area contributed by atoms with Gasteiger partial charge in [0.15, 0.2) is 0 Å². The highest BCUT2D eigenvalue weighted by molar-refractivity contribution is 6.20. The Morgan fingerprint density at radius 2 is 2.24 bits per heavy atom. The van der Waals surface area contributed by atoms with Crippen molar-refractivity contribution in [2.75, 3.05) is 4.90 Å². The van der Waals surface area contributed by atoms with Crippen LogP contribution in [0.25, 0.3) is 0 Å². The third-order valence-electron chi connectivity index (χ3n) is 2.59. The Labute approximate surface area is 96.9 Å². The third-order valence-corrected chi connectivity index (χ3v) is 2.59. The van der Waals surface area contributed by atoms with Crippen molar-refractivity contribution in [1.29, 1.82) is 0 Å². The molecule has 2 rings (SSSR count). The van der Waals surface area contributed by atoms with E-state index < -0.39 is 5.97 Å². The highest BCUT2D eigenvalue weighted by atomic mass is 16.4. The summed E-state index contributed by atoms with van der Waals surface area (Å²) < 4.78 is 0. The summed E-state index contributed by atoms with van der Waals surface area (Å²) in [5.74, 6) is -2.18. The number of carboxylic acids is 1. The zero-order valence-electron chi connectivity index (χ0n) is 9.08. The van der Waals surface area contributed by atoms with E-state index in [1.54, 1.807) is 6.92 Å². The molecule has 1 aliphatic rings. The monoisotopic (exact) mass is 234 g/mol. The van der Waals surface area contributed by atoms with Gasteiger partial charge in [0.2, 0.25) is 11.8 Å². The molecule has 17 heavy (non-hydrogen) atoms. The maximum absolute atomic E-state index is 11.7. The van der Waals surface area contributed by atoms with Crippen LogP contribution in [0.4, 0.5) is 5.69 Å². The lowest BCUT2D eigenvalue weighted by atomic mass is 10.1. The molecule has 1 aromatic heterocycles. The minimum Gasteiger partial charge on any atom is -0.477 e. The van der Waals surface area contributed by atoms with Crippen molar-refractivity contribution in [3.8, 4) is 0 Å². The van der Waals surface area contributed by atoms with Gasteiger partial charge in [0.1, 0.15) is 5.69 Å². The molecule has 1 saturated heterocycles. The largest absolute Gasteiger partial charge is 0.477 e. The molecule has 1 aliphatic heterocycles. The number of imide groups is 1. The molecule has 1 atom stereocenters. The summed E-state index contributed by atoms with van der Waals surface area (Å²) in [5.41, 5.74) is 0.0689. The summed E-state index contributed by atoms with van der Waals surface area (Å²) in [6.07, 6.45) is 1.42. The first-order valence-electron chi connectivity index (χ1n) is 5.07. The SMILES string of the molecule is CC1CC(=O)N(c2ccnc(C(=O)O)c2)C1=O. The second-order valence-electron chi connectivity index (χ2n) is 3.88. The van der Waals surface area contributed by atoms with Crippen LogP contribution in [-0.4, -0.2) is 27.9 Å². The average molecular weight is 234 g/mol. The highest BCUT2D eigenvalue weighted by Gasteiger charge is 2.36. The third kappa shape index (κ3) is 1.89. The minimum atomic E-state index is -1.20. The van der Waals surface area contributed by atoms with Gasteiger partial charge in [-0.05, 0) is 12.1 Å². The summed E-state index contributed by atoms with van der Waals surface area (Å²) in [6.45, 7) is 1.67. The summed E-state index contributed by atoms with van der Waals surface area (Å²) >= 11 is 0. The molecule has 0 spiro atoms. The zero-order valence-corrected chi connectivity index (χ0v) is 9.08. The van der Waals surface area contributed by atoms with Gasteiger partial charge in [-0.25, -0.2) is 9.78 Å². The second kappa shape index (κ2) is 3.97. The molecule has 88 valence electrons. The van der Waals surface area contributed by atoms with Crippen molar-refractivity contribution in [3.05, 3.63) is 24.0 Å². The summed E-state index contributed by atoms with van der Waals surface area (Å²) in [7, 11) is 0. The van der Waals surface area contributed by atoms with Crippen LogP contribution < -0.4 is 4.90 Å². The molecule has 0 aromatic carbocycles. The number of nitrogens with zero attached hydrogens (tertiary/aromatic N) is 2. The van der Waals surface area contributed by atoms with Crippen molar-refractivity contribution in [2.45, 2.75) is 13.3 Å². The molecule has 0 aliphatic carbocycles. The van der Waals surface area contributed by atoms with E-state index in [0.29, 0.717) is 0 Å². The van der Waals surface area contributed by atoms with Crippen LogP contribution in [0.3, 0.4) is 0 Å². The number of carbonyl (C=O) groups is 3. The van der Waals surface area contributed by atoms with E-state index >= 15 is 0 Å². The Morgan fingerprint density at radius 3 is 2.76 bits per heavy atom. The van der Waals surface area contributed by atoms with Gasteiger partial charge >= 0.3 is 5.97 Å². The van der Waals surface area contributed by atoms with Gasteiger partial charge in [-0.3, -0.25) is 14.5 Å². The van der Waals surface area contributed by atoms with Crippen LogP contribution in [0.5, 0.6) is 0 Å². The van der Waals surface area contributed by atoms with E-state index in [1.165, 1.54) is 18.3 Å². The van der Waals surface area contributed by atoms with Gasteiger partial charge in [-0.1, -0.05) is 6.92 Å². The molecule has 2 amide bonds. The van der Waals surface area contributed by atoms with Crippen molar-refractivity contribution < 1.29 is 19.5 Å². The average Bonchev–Trinajstić information content (AvgIpc) is 2.53. The molecular weight excluding hydrogens is 224 g/mol. The van der Waals surface area contributed by atoms with E-state index in [-0.39, 0.29) is 35.5 Å². The Bertz CT molecular complexity index is 512. The number of aromatic nitrogens is 1. The van der Waals surface area contributed by atoms with Crippen LogP contribution in [0, 0.1) is 5.92 Å². The van der Waals surface area contributed by atoms with Crippen LogP contribution in [0.1, 0.15) is 23.8 Å². The molecule has 1 fully saturated rings. The molecular formula is C11H10N2O4. The molecule has 6 heteroatoms. The van der Waals surface area contributed by atoms with E-state index in [4.69, 9.17) is 5.11 Å². The van der Waals surface area contributed by atoms with Gasteiger partial charge in [-0.15, -0.1) is 0 Å². The maximum Gasteiger partial charge on any atom is 0.354 e. The van der Waals surface area contributed by atoms with Crippen LogP contribution in [0.15, 0.2) is 18.3 Å². The van der Waals surface area contributed by atoms with E-state index in [2.05, 4.69) is 4.98 Å². The quantitative estimate of drug-likeness (QED) is 0.760. The number of carboxylic acid groups (broad SMARTS) is 1. The smallest absolute Gasteiger partial charge is 0.354 e. The fourth-order valence-electron chi connectivity index (χ4n) is 1.73. The van der Waals surface area contributed by atoms with Crippen molar-refractivity contribution >= 4 is 23.5 Å². The van der Waals surface area contributed by atoms with Crippen molar-refractivity contribution in [1.82, 2.24) is 4.98 Å². The van der Waals surface area contributed by atoms with Gasteiger partial charge in [0.05, 0.1) is 5.69 Å². The Kier molecular flexibility index (Phi) is 2.63. The normalized spacial score (nSPS) is 19.8. The van der Waals surface area contributed by atoms with Crippen LogP contribution in [0.2, 0.25) is 0 Å². The van der Waals surface area contributed by atoms with E-state index in [0.717, 1.165) is 4.90 Å². The number of pyridine rings is 1. The molecule has 0 bridgehead atoms. The lowest BCUT2D eigenvalue weighted by Crippen LogP contribution is -2.30. The number of anilines is 1. The van der Waals surface area contributed by atoms with Crippen LogP contribution in [-0.2, 0) is 9.59 Å². The molecule has 2 heterocycles. The molecule has 1 N–H and O–H groups in total. The van der Waals surface area contributed by atoms with Crippen molar-refractivity contribution in [3.63, 3.8) is 0 Å². The minimum absolute atomic E-state index is 0.156. The first kappa shape index (κ1) is 11.3. The molecule has 0 saturated carbocycles. The number of hydrogen-bond acceptors (Lipinski definition) is 4. The fourth-order valence-corrected chi connectivity index (χ4v) is 1.73. The van der Waals surface area contributed by atoms with Crippen LogP contribution >= 0.6 is 0 Å². The van der Waals surface area contributed by atoms with E-state index in [1.807, 2.05) is 0 Å². The fraction of sp³-hybridized carbons (Fsp3) is 0.273. The number of aromatic carboxylic acids is 1. The lowest BCUT2D eigenvalue weighted by molar-refractivity contribution is -0.122. The number of amides is 2. The first-order valence-corrected chi connectivity index (χ1v) is 5.07. The zero-order chi connectivity index (χ0) is 12.6. The first-order chi connectivity index (χ1) is 8.00. The highest BCUT2D eigenvalue weighted by Crippen LogP contribution is 2.26. The molecule has 0 radical (unpaired) electrons. The summed E-state index contributed by atoms with van der Waals surface area (Å²) in [6, 6.07) is 2.66. The van der Waals surface area contributed by atoms with E-state index in [9.17, 15) is 14.4 Å². The topological polar surface area (TPSA) is 87.6 Å². The molecule has 1 aromatic rings. The predicted octanol–water partition coefficient (Wildman–Crippen LogP) is 0.679. The molecule has 6 nitrogen and oxygen atoms in total. The Hall–Kier alpha value is -2.24. The van der Waals surface area contributed by atoms with Crippen molar-refractivity contribution in [2.24, 2.45) is 5.92 Å². The number of carbonyl (C=O) groups excluding carboxylic acids is 2. The standard InChI is InChI=1S/C11H10N2O4/c1-6-4-9(14)13(10(6)15)7-2-3-12-8(5-7)11(16)17/h2-3,5-6H,4H2,1H3,(H,16,17). The van der Waals surface area contributed by atoms with Gasteiger partial charge in [0.25, 0.3) is 0 Å². The number of rotatable bonds is 2. The Balaban J connectivity index is 2.40. The lowest BCUT2D eigenvalue weighted by Gasteiger charge is -2.14. The Morgan fingerprint density at radius 1 is 1.53 bits per heavy atom. The van der Waals surface area contributed by atoms with Gasteiger partial charge in [0, 0.05) is 18.5 Å². The predicted molar refractivity (Wildman–Crippen MR) is 57.5 cm³/mol. The van der Waals surface area contributed by atoms with Gasteiger partial charge < -0.3 is 5.11 Å². The summed E-state index contributed by atoms with van der Waals surface area (Å²) in [4.78, 5) is 38.7. The second-order valence-corrected chi connectivity index (χ2v) is 3.88. The maximum atomic E-state index is 11.7. The number of hydrogen-bond donors (Lipinski definition) is 1. The molecule has 1 unspecified atom stereocenters. The van der Waals surface area contributed by atoms with Gasteiger partial charge in [-0.2, -0.15) is 0 Å².